The molecule has 2 nitrogen and oxygen atoms in total. The SMILES string of the molecule is CCCCC(=O)Nc1cccc(F)c1I. The Morgan fingerprint density at radius 3 is 2.93 bits per heavy atom. The second kappa shape index (κ2) is 6.05. The maximum absolute atomic E-state index is 13.1. The van der Waals surface area contributed by atoms with Crippen molar-refractivity contribution in [1.82, 2.24) is 0 Å². The lowest BCUT2D eigenvalue weighted by Crippen LogP contribution is -2.12. The Labute approximate surface area is 102 Å². The van der Waals surface area contributed by atoms with E-state index in [2.05, 4.69) is 5.32 Å². The number of anilines is 1. The summed E-state index contributed by atoms with van der Waals surface area (Å²) in [6.07, 6.45) is 2.33. The first kappa shape index (κ1) is 12.4. The van der Waals surface area contributed by atoms with Gasteiger partial charge in [0, 0.05) is 6.42 Å². The summed E-state index contributed by atoms with van der Waals surface area (Å²) >= 11 is 1.89. The maximum atomic E-state index is 13.1. The van der Waals surface area contributed by atoms with Gasteiger partial charge >= 0.3 is 0 Å². The molecule has 0 saturated heterocycles. The van der Waals surface area contributed by atoms with Gasteiger partial charge in [-0.3, -0.25) is 4.79 Å². The van der Waals surface area contributed by atoms with Crippen molar-refractivity contribution >= 4 is 34.2 Å². The van der Waals surface area contributed by atoms with Gasteiger partial charge in [0.25, 0.3) is 0 Å². The Morgan fingerprint density at radius 2 is 2.27 bits per heavy atom. The first-order valence-corrected chi connectivity index (χ1v) is 5.97. The zero-order valence-electron chi connectivity index (χ0n) is 8.52. The Bertz CT molecular complexity index is 354. The topological polar surface area (TPSA) is 29.1 Å². The second-order valence-electron chi connectivity index (χ2n) is 3.25. The van der Waals surface area contributed by atoms with Crippen molar-refractivity contribution in [3.8, 4) is 0 Å². The third-order valence-corrected chi connectivity index (χ3v) is 3.08. The van der Waals surface area contributed by atoms with Crippen LogP contribution in [0, 0.1) is 9.39 Å². The van der Waals surface area contributed by atoms with Crippen molar-refractivity contribution < 1.29 is 9.18 Å². The minimum Gasteiger partial charge on any atom is -0.325 e. The number of hydrogen-bond acceptors (Lipinski definition) is 1. The molecular formula is C11H13FINO. The second-order valence-corrected chi connectivity index (χ2v) is 4.33. The number of benzene rings is 1. The van der Waals surface area contributed by atoms with Crippen molar-refractivity contribution in [1.29, 1.82) is 0 Å². The first-order chi connectivity index (χ1) is 7.15. The molecule has 0 saturated carbocycles. The van der Waals surface area contributed by atoms with Gasteiger partial charge < -0.3 is 5.32 Å². The summed E-state index contributed by atoms with van der Waals surface area (Å²) in [6.45, 7) is 2.03. The monoisotopic (exact) mass is 321 g/mol. The number of carbonyl (C=O) groups excluding carboxylic acids is 1. The summed E-state index contributed by atoms with van der Waals surface area (Å²) in [7, 11) is 0. The van der Waals surface area contributed by atoms with Gasteiger partial charge in [-0.25, -0.2) is 4.39 Å². The van der Waals surface area contributed by atoms with E-state index < -0.39 is 0 Å². The third-order valence-electron chi connectivity index (χ3n) is 1.98. The summed E-state index contributed by atoms with van der Waals surface area (Å²) in [6, 6.07) is 4.67. The molecule has 1 aromatic carbocycles. The lowest BCUT2D eigenvalue weighted by molar-refractivity contribution is -0.116. The molecule has 0 radical (unpaired) electrons. The zero-order chi connectivity index (χ0) is 11.3. The van der Waals surface area contributed by atoms with Crippen LogP contribution in [0.25, 0.3) is 0 Å². The summed E-state index contributed by atoms with van der Waals surface area (Å²) < 4.78 is 13.6. The molecule has 0 atom stereocenters. The predicted octanol–water partition coefficient (Wildman–Crippen LogP) is 3.56. The van der Waals surface area contributed by atoms with E-state index in [-0.39, 0.29) is 11.7 Å². The minimum atomic E-state index is -0.302. The van der Waals surface area contributed by atoms with E-state index in [0.717, 1.165) is 12.8 Å². The van der Waals surface area contributed by atoms with E-state index in [1.807, 2.05) is 29.5 Å². The summed E-state index contributed by atoms with van der Waals surface area (Å²) in [5.74, 6) is -0.357. The number of hydrogen-bond donors (Lipinski definition) is 1. The Balaban J connectivity index is 2.64. The number of carbonyl (C=O) groups is 1. The molecule has 0 bridgehead atoms. The predicted molar refractivity (Wildman–Crippen MR) is 67.3 cm³/mol. The molecule has 0 aromatic heterocycles. The number of nitrogens with one attached hydrogen (secondary N) is 1. The molecule has 82 valence electrons. The van der Waals surface area contributed by atoms with Crippen LogP contribution in [0.4, 0.5) is 10.1 Å². The smallest absolute Gasteiger partial charge is 0.224 e. The van der Waals surface area contributed by atoms with Crippen molar-refractivity contribution in [3.63, 3.8) is 0 Å². The molecule has 1 N–H and O–H groups in total. The minimum absolute atomic E-state index is 0.0552. The summed E-state index contributed by atoms with van der Waals surface area (Å²) in [5.41, 5.74) is 0.553. The van der Waals surface area contributed by atoms with E-state index in [1.165, 1.54) is 6.07 Å². The van der Waals surface area contributed by atoms with E-state index in [0.29, 0.717) is 15.7 Å². The van der Waals surface area contributed by atoms with Gasteiger partial charge in [-0.2, -0.15) is 0 Å². The highest BCUT2D eigenvalue weighted by molar-refractivity contribution is 14.1. The number of amides is 1. The first-order valence-electron chi connectivity index (χ1n) is 4.89. The van der Waals surface area contributed by atoms with Crippen LogP contribution in [0.1, 0.15) is 26.2 Å². The molecule has 0 aliphatic heterocycles. The molecule has 1 aromatic rings. The van der Waals surface area contributed by atoms with Gasteiger partial charge in [0.2, 0.25) is 5.91 Å². The fourth-order valence-electron chi connectivity index (χ4n) is 1.15. The van der Waals surface area contributed by atoms with Crippen molar-refractivity contribution in [2.45, 2.75) is 26.2 Å². The fourth-order valence-corrected chi connectivity index (χ4v) is 1.64. The van der Waals surface area contributed by atoms with Gasteiger partial charge in [-0.05, 0) is 41.1 Å². The Hall–Kier alpha value is -0.650. The molecule has 1 amide bonds. The van der Waals surface area contributed by atoms with Gasteiger partial charge in [-0.1, -0.05) is 19.4 Å². The van der Waals surface area contributed by atoms with Crippen LogP contribution in [0.3, 0.4) is 0 Å². The van der Waals surface area contributed by atoms with Gasteiger partial charge in [0.15, 0.2) is 0 Å². The molecule has 0 aliphatic rings. The highest BCUT2D eigenvalue weighted by Gasteiger charge is 2.07. The Morgan fingerprint density at radius 1 is 1.53 bits per heavy atom. The molecular weight excluding hydrogens is 308 g/mol. The molecule has 0 unspecified atom stereocenters. The van der Waals surface area contributed by atoms with E-state index in [9.17, 15) is 9.18 Å². The summed E-state index contributed by atoms with van der Waals surface area (Å²) in [4.78, 5) is 11.4. The van der Waals surface area contributed by atoms with Crippen LogP contribution in [0.5, 0.6) is 0 Å². The largest absolute Gasteiger partial charge is 0.325 e. The van der Waals surface area contributed by atoms with Crippen molar-refractivity contribution in [2.24, 2.45) is 0 Å². The van der Waals surface area contributed by atoms with E-state index in [4.69, 9.17) is 0 Å². The van der Waals surface area contributed by atoms with Gasteiger partial charge in [0.05, 0.1) is 9.26 Å². The highest BCUT2D eigenvalue weighted by atomic mass is 127. The summed E-state index contributed by atoms with van der Waals surface area (Å²) in [5, 5.41) is 2.70. The lowest BCUT2D eigenvalue weighted by Gasteiger charge is -2.07. The van der Waals surface area contributed by atoms with Crippen molar-refractivity contribution in [2.75, 3.05) is 5.32 Å². The van der Waals surface area contributed by atoms with Crippen LogP contribution >= 0.6 is 22.6 Å². The third kappa shape index (κ3) is 3.77. The van der Waals surface area contributed by atoms with Crippen LogP contribution < -0.4 is 5.32 Å². The quantitative estimate of drug-likeness (QED) is 0.844. The molecule has 1 rings (SSSR count). The average Bonchev–Trinajstić information content (AvgIpc) is 2.22. The van der Waals surface area contributed by atoms with E-state index in [1.54, 1.807) is 12.1 Å². The Kier molecular flexibility index (Phi) is 5.01. The molecule has 0 aliphatic carbocycles. The maximum Gasteiger partial charge on any atom is 0.224 e. The van der Waals surface area contributed by atoms with Crippen LogP contribution in [-0.4, -0.2) is 5.91 Å². The average molecular weight is 321 g/mol. The molecule has 4 heteroatoms. The number of rotatable bonds is 4. The van der Waals surface area contributed by atoms with Crippen LogP contribution in [0.2, 0.25) is 0 Å². The van der Waals surface area contributed by atoms with Crippen molar-refractivity contribution in [3.05, 3.63) is 27.6 Å². The van der Waals surface area contributed by atoms with E-state index >= 15 is 0 Å². The fraction of sp³-hybridized carbons (Fsp3) is 0.364. The number of unbranched alkanes of at least 4 members (excludes halogenated alkanes) is 1. The normalized spacial score (nSPS) is 10.1. The van der Waals surface area contributed by atoms with Gasteiger partial charge in [0.1, 0.15) is 5.82 Å². The highest BCUT2D eigenvalue weighted by Crippen LogP contribution is 2.21. The standard InChI is InChI=1S/C11H13FINO/c1-2-3-7-10(15)14-9-6-4-5-8(12)11(9)13/h4-6H,2-3,7H2,1H3,(H,14,15). The van der Waals surface area contributed by atoms with Crippen LogP contribution in [-0.2, 0) is 4.79 Å². The van der Waals surface area contributed by atoms with Crippen LogP contribution in [0.15, 0.2) is 18.2 Å². The lowest BCUT2D eigenvalue weighted by atomic mass is 10.2. The zero-order valence-corrected chi connectivity index (χ0v) is 10.7. The molecule has 0 heterocycles. The molecule has 15 heavy (non-hydrogen) atoms. The van der Waals surface area contributed by atoms with Gasteiger partial charge in [-0.15, -0.1) is 0 Å². The molecule has 0 spiro atoms. The molecule has 0 fully saturated rings. The number of halogens is 2.